The van der Waals surface area contributed by atoms with Gasteiger partial charge in [0.05, 0.1) is 6.20 Å². The van der Waals surface area contributed by atoms with E-state index >= 15 is 0 Å². The zero-order valence-electron chi connectivity index (χ0n) is 7.31. The van der Waals surface area contributed by atoms with Crippen LogP contribution in [0, 0.1) is 11.3 Å². The summed E-state index contributed by atoms with van der Waals surface area (Å²) >= 11 is 0. The fraction of sp³-hybridized carbons (Fsp3) is 0.250. The average Bonchev–Trinajstić information content (AvgIpc) is 2.19. The Balaban J connectivity index is 2.44. The van der Waals surface area contributed by atoms with E-state index in [0.29, 0.717) is 5.75 Å². The highest BCUT2D eigenvalue weighted by Gasteiger charge is 2.24. The van der Waals surface area contributed by atoms with E-state index in [1.54, 1.807) is 13.0 Å². The number of carbonyl (C=O) groups is 1. The quantitative estimate of drug-likeness (QED) is 0.625. The van der Waals surface area contributed by atoms with Crippen LogP contribution in [0.4, 0.5) is 5.82 Å². The van der Waals surface area contributed by atoms with Gasteiger partial charge in [0, 0.05) is 0 Å². The molecule has 1 aromatic heterocycles. The van der Waals surface area contributed by atoms with E-state index in [0.717, 1.165) is 0 Å². The maximum absolute atomic E-state index is 11.2. The molecule has 1 atom stereocenters. The lowest BCUT2D eigenvalue weighted by atomic mass is 10.3. The third-order valence-corrected chi connectivity index (χ3v) is 1.77. The number of fused-ring (bicyclic) bond motifs is 1. The average molecular weight is 190 g/mol. The van der Waals surface area contributed by atoms with Gasteiger partial charge in [0.25, 0.3) is 5.91 Å². The van der Waals surface area contributed by atoms with Crippen molar-refractivity contribution in [3.05, 3.63) is 12.0 Å². The highest BCUT2D eigenvalue weighted by molar-refractivity contribution is 5.96. The van der Waals surface area contributed by atoms with E-state index in [4.69, 9.17) is 10.00 Å². The van der Waals surface area contributed by atoms with Crippen LogP contribution in [0.5, 0.6) is 5.75 Å². The van der Waals surface area contributed by atoms with Crippen molar-refractivity contribution >= 4 is 11.7 Å². The van der Waals surface area contributed by atoms with Gasteiger partial charge in [-0.15, -0.1) is 0 Å². The standard InChI is InChI=1S/C8H6N4O2/c1-4-8(13)12-7-5(14-4)3-10-6(2-9)11-7/h3-4H,1H3,(H,10,11,12,13). The van der Waals surface area contributed by atoms with Crippen LogP contribution in [0.25, 0.3) is 0 Å². The Hall–Kier alpha value is -2.16. The molecule has 1 aliphatic heterocycles. The maximum Gasteiger partial charge on any atom is 0.266 e. The van der Waals surface area contributed by atoms with E-state index in [1.165, 1.54) is 6.20 Å². The van der Waals surface area contributed by atoms with Crippen molar-refractivity contribution in [2.45, 2.75) is 13.0 Å². The molecule has 6 heteroatoms. The van der Waals surface area contributed by atoms with Crippen molar-refractivity contribution in [1.82, 2.24) is 9.97 Å². The Morgan fingerprint density at radius 1 is 1.71 bits per heavy atom. The topological polar surface area (TPSA) is 87.9 Å². The van der Waals surface area contributed by atoms with Crippen LogP contribution in [0.15, 0.2) is 6.20 Å². The Labute approximate surface area is 79.5 Å². The van der Waals surface area contributed by atoms with Crippen molar-refractivity contribution in [1.29, 1.82) is 5.26 Å². The fourth-order valence-electron chi connectivity index (χ4n) is 1.06. The number of rotatable bonds is 0. The Bertz CT molecular complexity index is 437. The predicted molar refractivity (Wildman–Crippen MR) is 45.5 cm³/mol. The number of hydrogen-bond donors (Lipinski definition) is 1. The van der Waals surface area contributed by atoms with Crippen molar-refractivity contribution in [3.8, 4) is 11.8 Å². The summed E-state index contributed by atoms with van der Waals surface area (Å²) in [6, 6.07) is 1.77. The van der Waals surface area contributed by atoms with Gasteiger partial charge in [-0.3, -0.25) is 4.79 Å². The van der Waals surface area contributed by atoms with Gasteiger partial charge in [-0.25, -0.2) is 4.98 Å². The lowest BCUT2D eigenvalue weighted by Crippen LogP contribution is -2.35. The van der Waals surface area contributed by atoms with Gasteiger partial charge in [0.1, 0.15) is 6.07 Å². The van der Waals surface area contributed by atoms with Crippen LogP contribution >= 0.6 is 0 Å². The Morgan fingerprint density at radius 2 is 2.50 bits per heavy atom. The molecule has 1 N–H and O–H groups in total. The molecule has 0 saturated carbocycles. The largest absolute Gasteiger partial charge is 0.475 e. The summed E-state index contributed by atoms with van der Waals surface area (Å²) < 4.78 is 5.20. The Kier molecular flexibility index (Phi) is 1.78. The van der Waals surface area contributed by atoms with Crippen LogP contribution < -0.4 is 10.1 Å². The van der Waals surface area contributed by atoms with Gasteiger partial charge in [-0.2, -0.15) is 10.2 Å². The zero-order valence-corrected chi connectivity index (χ0v) is 7.31. The molecule has 0 aliphatic carbocycles. The third kappa shape index (κ3) is 1.25. The van der Waals surface area contributed by atoms with Crippen LogP contribution in [-0.4, -0.2) is 22.0 Å². The number of amides is 1. The van der Waals surface area contributed by atoms with E-state index in [-0.39, 0.29) is 17.5 Å². The number of ether oxygens (including phenoxy) is 1. The molecule has 1 aliphatic rings. The molecule has 0 radical (unpaired) electrons. The predicted octanol–water partition coefficient (Wildman–Crippen LogP) is 0.0677. The molecule has 2 heterocycles. The molecule has 1 amide bonds. The SMILES string of the molecule is CC1Oc2cnc(C#N)nc2NC1=O. The van der Waals surface area contributed by atoms with Gasteiger partial charge in [0.15, 0.2) is 17.7 Å². The number of aromatic nitrogens is 2. The van der Waals surface area contributed by atoms with Gasteiger partial charge < -0.3 is 10.1 Å². The summed E-state index contributed by atoms with van der Waals surface area (Å²) in [5.74, 6) is 0.359. The molecule has 0 aromatic carbocycles. The summed E-state index contributed by atoms with van der Waals surface area (Å²) in [7, 11) is 0. The molecule has 0 fully saturated rings. The van der Waals surface area contributed by atoms with Crippen LogP contribution in [-0.2, 0) is 4.79 Å². The minimum absolute atomic E-state index is 0.00204. The molecule has 14 heavy (non-hydrogen) atoms. The highest BCUT2D eigenvalue weighted by atomic mass is 16.5. The highest BCUT2D eigenvalue weighted by Crippen LogP contribution is 2.25. The summed E-state index contributed by atoms with van der Waals surface area (Å²) in [6.07, 6.45) is 0.815. The molecule has 70 valence electrons. The first kappa shape index (κ1) is 8.44. The smallest absolute Gasteiger partial charge is 0.266 e. The van der Waals surface area contributed by atoms with Crippen molar-refractivity contribution in [3.63, 3.8) is 0 Å². The van der Waals surface area contributed by atoms with Crippen molar-refractivity contribution in [2.75, 3.05) is 5.32 Å². The molecule has 2 rings (SSSR count). The van der Waals surface area contributed by atoms with Crippen molar-refractivity contribution < 1.29 is 9.53 Å². The van der Waals surface area contributed by atoms with E-state index < -0.39 is 6.10 Å². The first-order chi connectivity index (χ1) is 6.70. The fourth-order valence-corrected chi connectivity index (χ4v) is 1.06. The molecular formula is C8H6N4O2. The second-order valence-electron chi connectivity index (χ2n) is 2.77. The van der Waals surface area contributed by atoms with E-state index in [9.17, 15) is 4.79 Å². The number of nitriles is 1. The first-order valence-corrected chi connectivity index (χ1v) is 3.95. The number of anilines is 1. The second-order valence-corrected chi connectivity index (χ2v) is 2.77. The van der Waals surface area contributed by atoms with Crippen LogP contribution in [0.3, 0.4) is 0 Å². The molecule has 1 unspecified atom stereocenters. The van der Waals surface area contributed by atoms with Crippen molar-refractivity contribution in [2.24, 2.45) is 0 Å². The molecule has 1 aromatic rings. The van der Waals surface area contributed by atoms with Crippen LogP contribution in [0.1, 0.15) is 12.7 Å². The molecule has 0 saturated heterocycles. The van der Waals surface area contributed by atoms with E-state index in [1.807, 2.05) is 0 Å². The third-order valence-electron chi connectivity index (χ3n) is 1.77. The Morgan fingerprint density at radius 3 is 3.21 bits per heavy atom. The number of nitrogens with zero attached hydrogens (tertiary/aromatic N) is 3. The number of carbonyl (C=O) groups excluding carboxylic acids is 1. The minimum Gasteiger partial charge on any atom is -0.475 e. The molecule has 0 bridgehead atoms. The van der Waals surface area contributed by atoms with Gasteiger partial charge >= 0.3 is 0 Å². The van der Waals surface area contributed by atoms with Gasteiger partial charge in [0.2, 0.25) is 5.82 Å². The number of nitrogens with one attached hydrogen (secondary N) is 1. The maximum atomic E-state index is 11.2. The van der Waals surface area contributed by atoms with Gasteiger partial charge in [-0.1, -0.05) is 0 Å². The van der Waals surface area contributed by atoms with E-state index in [2.05, 4.69) is 15.3 Å². The summed E-state index contributed by atoms with van der Waals surface area (Å²) in [5.41, 5.74) is 0. The lowest BCUT2D eigenvalue weighted by molar-refractivity contribution is -0.122. The normalized spacial score (nSPS) is 18.9. The summed E-state index contributed by atoms with van der Waals surface area (Å²) in [5, 5.41) is 11.0. The number of hydrogen-bond acceptors (Lipinski definition) is 5. The van der Waals surface area contributed by atoms with Gasteiger partial charge in [-0.05, 0) is 6.92 Å². The summed E-state index contributed by atoms with van der Waals surface area (Å²) in [4.78, 5) is 18.7. The molecule has 6 nitrogen and oxygen atoms in total. The monoisotopic (exact) mass is 190 g/mol. The first-order valence-electron chi connectivity index (χ1n) is 3.95. The minimum atomic E-state index is -0.556. The molecular weight excluding hydrogens is 184 g/mol. The lowest BCUT2D eigenvalue weighted by Gasteiger charge is -2.21. The molecule has 0 spiro atoms. The second kappa shape index (κ2) is 2.96. The summed E-state index contributed by atoms with van der Waals surface area (Å²) in [6.45, 7) is 1.62. The zero-order chi connectivity index (χ0) is 10.1. The van der Waals surface area contributed by atoms with Crippen LogP contribution in [0.2, 0.25) is 0 Å².